The predicted molar refractivity (Wildman–Crippen MR) is 71.4 cm³/mol. The Morgan fingerprint density at radius 3 is 2.67 bits per heavy atom. The molecule has 0 spiro atoms. The minimum absolute atomic E-state index is 0.0228. The highest BCUT2D eigenvalue weighted by atomic mass is 16.5. The van der Waals surface area contributed by atoms with Gasteiger partial charge < -0.3 is 21.1 Å². The standard InChI is InChI=1S/C13H19N3O2/c1-9-13(2,7-8-18-9)16-12(17)15-11-5-3-10(14)4-6-11/h3-6,9H,7-8,14H2,1-2H3,(H2,15,16,17). The van der Waals surface area contributed by atoms with Crippen LogP contribution >= 0.6 is 0 Å². The predicted octanol–water partition coefficient (Wildman–Crippen LogP) is 1.96. The number of anilines is 2. The van der Waals surface area contributed by atoms with Gasteiger partial charge in [-0.3, -0.25) is 0 Å². The van der Waals surface area contributed by atoms with Gasteiger partial charge in [-0.15, -0.1) is 0 Å². The summed E-state index contributed by atoms with van der Waals surface area (Å²) in [7, 11) is 0. The van der Waals surface area contributed by atoms with Crippen molar-refractivity contribution in [3.05, 3.63) is 24.3 Å². The van der Waals surface area contributed by atoms with Crippen molar-refractivity contribution in [3.63, 3.8) is 0 Å². The lowest BCUT2D eigenvalue weighted by molar-refractivity contribution is 0.0920. The summed E-state index contributed by atoms with van der Waals surface area (Å²) in [5.74, 6) is 0. The summed E-state index contributed by atoms with van der Waals surface area (Å²) in [5.41, 5.74) is 6.67. The Hall–Kier alpha value is -1.75. The van der Waals surface area contributed by atoms with Gasteiger partial charge in [-0.05, 0) is 44.5 Å². The van der Waals surface area contributed by atoms with E-state index in [2.05, 4.69) is 10.6 Å². The van der Waals surface area contributed by atoms with E-state index in [4.69, 9.17) is 10.5 Å². The van der Waals surface area contributed by atoms with E-state index in [1.807, 2.05) is 13.8 Å². The van der Waals surface area contributed by atoms with E-state index in [1.165, 1.54) is 0 Å². The maximum absolute atomic E-state index is 11.9. The molecule has 1 aromatic rings. The van der Waals surface area contributed by atoms with Crippen LogP contribution in [0.2, 0.25) is 0 Å². The number of benzene rings is 1. The molecule has 0 aromatic heterocycles. The molecule has 1 aromatic carbocycles. The third-order valence-electron chi connectivity index (χ3n) is 3.45. The summed E-state index contributed by atoms with van der Waals surface area (Å²) < 4.78 is 5.48. The molecule has 0 aliphatic carbocycles. The van der Waals surface area contributed by atoms with Crippen molar-refractivity contribution in [2.24, 2.45) is 0 Å². The van der Waals surface area contributed by atoms with Crippen molar-refractivity contribution in [2.75, 3.05) is 17.7 Å². The Balaban J connectivity index is 1.94. The van der Waals surface area contributed by atoms with Crippen LogP contribution in [0.15, 0.2) is 24.3 Å². The number of carbonyl (C=O) groups excluding carboxylic acids is 1. The van der Waals surface area contributed by atoms with Crippen molar-refractivity contribution in [1.82, 2.24) is 5.32 Å². The molecular formula is C13H19N3O2. The second-order valence-electron chi connectivity index (χ2n) is 4.88. The first-order chi connectivity index (χ1) is 8.49. The van der Waals surface area contributed by atoms with E-state index in [1.54, 1.807) is 24.3 Å². The number of amides is 2. The first kappa shape index (κ1) is 12.7. The molecule has 0 radical (unpaired) electrons. The molecule has 1 fully saturated rings. The van der Waals surface area contributed by atoms with Crippen LogP contribution in [0.5, 0.6) is 0 Å². The lowest BCUT2D eigenvalue weighted by Crippen LogP contribution is -2.52. The molecule has 0 bridgehead atoms. The molecule has 1 aliphatic rings. The second-order valence-corrected chi connectivity index (χ2v) is 4.88. The van der Waals surface area contributed by atoms with E-state index in [-0.39, 0.29) is 17.7 Å². The fourth-order valence-corrected chi connectivity index (χ4v) is 1.99. The average molecular weight is 249 g/mol. The number of carbonyl (C=O) groups is 1. The van der Waals surface area contributed by atoms with Gasteiger partial charge in [0, 0.05) is 18.0 Å². The molecule has 2 rings (SSSR count). The summed E-state index contributed by atoms with van der Waals surface area (Å²) in [5, 5.41) is 5.74. The maximum atomic E-state index is 11.9. The molecule has 18 heavy (non-hydrogen) atoms. The van der Waals surface area contributed by atoms with Gasteiger partial charge in [0.25, 0.3) is 0 Å². The van der Waals surface area contributed by atoms with Crippen LogP contribution in [0.25, 0.3) is 0 Å². The molecular weight excluding hydrogens is 230 g/mol. The number of rotatable bonds is 2. The molecule has 1 saturated heterocycles. The second kappa shape index (κ2) is 4.86. The average Bonchev–Trinajstić information content (AvgIpc) is 2.62. The van der Waals surface area contributed by atoms with Gasteiger partial charge in [-0.25, -0.2) is 4.79 Å². The molecule has 98 valence electrons. The van der Waals surface area contributed by atoms with E-state index in [0.717, 1.165) is 12.1 Å². The topological polar surface area (TPSA) is 76.4 Å². The van der Waals surface area contributed by atoms with Crippen LogP contribution < -0.4 is 16.4 Å². The highest BCUT2D eigenvalue weighted by Gasteiger charge is 2.38. The van der Waals surface area contributed by atoms with Gasteiger partial charge >= 0.3 is 6.03 Å². The number of ether oxygens (including phenoxy) is 1. The quantitative estimate of drug-likeness (QED) is 0.701. The first-order valence-corrected chi connectivity index (χ1v) is 6.06. The summed E-state index contributed by atoms with van der Waals surface area (Å²) in [6.45, 7) is 4.64. The van der Waals surface area contributed by atoms with Crippen LogP contribution in [0.3, 0.4) is 0 Å². The summed E-state index contributed by atoms with van der Waals surface area (Å²) in [6, 6.07) is 6.81. The molecule has 2 amide bonds. The van der Waals surface area contributed by atoms with Gasteiger partial charge in [0.2, 0.25) is 0 Å². The van der Waals surface area contributed by atoms with Crippen LogP contribution in [0.4, 0.5) is 16.2 Å². The van der Waals surface area contributed by atoms with Crippen molar-refractivity contribution in [1.29, 1.82) is 0 Å². The zero-order valence-electron chi connectivity index (χ0n) is 10.7. The highest BCUT2D eigenvalue weighted by Crippen LogP contribution is 2.25. The highest BCUT2D eigenvalue weighted by molar-refractivity contribution is 5.90. The summed E-state index contributed by atoms with van der Waals surface area (Å²) >= 11 is 0. The number of hydrogen-bond donors (Lipinski definition) is 3. The number of hydrogen-bond acceptors (Lipinski definition) is 3. The SMILES string of the molecule is CC1OCCC1(C)NC(=O)Nc1ccc(N)cc1. The van der Waals surface area contributed by atoms with Crippen molar-refractivity contribution in [2.45, 2.75) is 31.9 Å². The zero-order chi connectivity index (χ0) is 13.2. The normalized spacial score (nSPS) is 26.9. The van der Waals surface area contributed by atoms with E-state index in [0.29, 0.717) is 12.3 Å². The van der Waals surface area contributed by atoms with Crippen molar-refractivity contribution >= 4 is 17.4 Å². The molecule has 1 heterocycles. The summed E-state index contributed by atoms with van der Waals surface area (Å²) in [6.07, 6.45) is 0.846. The Kier molecular flexibility index (Phi) is 3.43. The Bertz CT molecular complexity index is 432. The Labute approximate surface area is 107 Å². The van der Waals surface area contributed by atoms with Crippen LogP contribution in [-0.4, -0.2) is 24.3 Å². The number of nitrogens with two attached hydrogens (primary N) is 1. The lowest BCUT2D eigenvalue weighted by atomic mass is 9.95. The van der Waals surface area contributed by atoms with Gasteiger partial charge in [0.15, 0.2) is 0 Å². The molecule has 5 nitrogen and oxygen atoms in total. The third-order valence-corrected chi connectivity index (χ3v) is 3.45. The van der Waals surface area contributed by atoms with Gasteiger partial charge in [0.05, 0.1) is 11.6 Å². The Morgan fingerprint density at radius 1 is 1.44 bits per heavy atom. The smallest absolute Gasteiger partial charge is 0.319 e. The van der Waals surface area contributed by atoms with Crippen molar-refractivity contribution in [3.8, 4) is 0 Å². The minimum Gasteiger partial charge on any atom is -0.399 e. The fourth-order valence-electron chi connectivity index (χ4n) is 1.99. The number of urea groups is 1. The first-order valence-electron chi connectivity index (χ1n) is 6.06. The third kappa shape index (κ3) is 2.73. The number of nitrogens with one attached hydrogen (secondary N) is 2. The van der Waals surface area contributed by atoms with E-state index >= 15 is 0 Å². The molecule has 4 N–H and O–H groups in total. The summed E-state index contributed by atoms with van der Waals surface area (Å²) in [4.78, 5) is 11.9. The van der Waals surface area contributed by atoms with Gasteiger partial charge in [-0.2, -0.15) is 0 Å². The number of nitrogen functional groups attached to an aromatic ring is 1. The van der Waals surface area contributed by atoms with E-state index in [9.17, 15) is 4.79 Å². The van der Waals surface area contributed by atoms with Crippen LogP contribution in [0, 0.1) is 0 Å². The molecule has 2 atom stereocenters. The van der Waals surface area contributed by atoms with Crippen LogP contribution in [-0.2, 0) is 4.74 Å². The molecule has 2 unspecified atom stereocenters. The Morgan fingerprint density at radius 2 is 2.11 bits per heavy atom. The van der Waals surface area contributed by atoms with Crippen molar-refractivity contribution < 1.29 is 9.53 Å². The molecule has 1 aliphatic heterocycles. The lowest BCUT2D eigenvalue weighted by Gasteiger charge is -2.28. The molecule has 5 heteroatoms. The largest absolute Gasteiger partial charge is 0.399 e. The van der Waals surface area contributed by atoms with Gasteiger partial charge in [-0.1, -0.05) is 0 Å². The van der Waals surface area contributed by atoms with Gasteiger partial charge in [0.1, 0.15) is 0 Å². The monoisotopic (exact) mass is 249 g/mol. The fraction of sp³-hybridized carbons (Fsp3) is 0.462. The zero-order valence-corrected chi connectivity index (χ0v) is 10.7. The maximum Gasteiger partial charge on any atom is 0.319 e. The minimum atomic E-state index is -0.308. The van der Waals surface area contributed by atoms with E-state index < -0.39 is 0 Å². The molecule has 0 saturated carbocycles. The van der Waals surface area contributed by atoms with Crippen LogP contribution in [0.1, 0.15) is 20.3 Å².